The zero-order valence-electron chi connectivity index (χ0n) is 14.1. The number of amides is 1. The van der Waals surface area contributed by atoms with E-state index in [0.717, 1.165) is 29.8 Å². The van der Waals surface area contributed by atoms with Gasteiger partial charge in [-0.05, 0) is 49.9 Å². The lowest BCUT2D eigenvalue weighted by molar-refractivity contribution is -0.107. The SMILES string of the molecule is C=CN(C=O)c1c(CC)c(CC)nn1-c1cc(C)c(F)c(C)c1. The fourth-order valence-electron chi connectivity index (χ4n) is 2.80. The van der Waals surface area contributed by atoms with Gasteiger partial charge < -0.3 is 0 Å². The van der Waals surface area contributed by atoms with Crippen LogP contribution in [0.5, 0.6) is 0 Å². The Bertz CT molecular complexity index is 718. The molecule has 0 radical (unpaired) electrons. The first kappa shape index (κ1) is 16.9. The largest absolute Gasteiger partial charge is 0.278 e. The van der Waals surface area contributed by atoms with Gasteiger partial charge in [0.15, 0.2) is 0 Å². The van der Waals surface area contributed by atoms with E-state index in [1.807, 2.05) is 13.8 Å². The van der Waals surface area contributed by atoms with Crippen molar-refractivity contribution in [3.63, 3.8) is 0 Å². The molecular weight excluding hydrogens is 293 g/mol. The molecule has 0 unspecified atom stereocenters. The normalized spacial score (nSPS) is 10.7. The minimum absolute atomic E-state index is 0.218. The first-order chi connectivity index (χ1) is 11.0. The van der Waals surface area contributed by atoms with Crippen molar-refractivity contribution in [2.45, 2.75) is 40.5 Å². The monoisotopic (exact) mass is 315 g/mol. The van der Waals surface area contributed by atoms with E-state index >= 15 is 0 Å². The Hall–Kier alpha value is -2.43. The highest BCUT2D eigenvalue weighted by Crippen LogP contribution is 2.29. The summed E-state index contributed by atoms with van der Waals surface area (Å²) in [6, 6.07) is 3.48. The van der Waals surface area contributed by atoms with Crippen molar-refractivity contribution in [1.82, 2.24) is 9.78 Å². The van der Waals surface area contributed by atoms with E-state index < -0.39 is 0 Å². The quantitative estimate of drug-likeness (QED) is 0.759. The molecule has 0 aliphatic heterocycles. The van der Waals surface area contributed by atoms with Crippen LogP contribution in [0.25, 0.3) is 5.69 Å². The first-order valence-electron chi connectivity index (χ1n) is 7.72. The van der Waals surface area contributed by atoms with E-state index in [1.165, 1.54) is 11.1 Å². The van der Waals surface area contributed by atoms with Crippen LogP contribution >= 0.6 is 0 Å². The third-order valence-electron chi connectivity index (χ3n) is 3.95. The number of aromatic nitrogens is 2. The summed E-state index contributed by atoms with van der Waals surface area (Å²) in [5.74, 6) is 0.449. The fourth-order valence-corrected chi connectivity index (χ4v) is 2.80. The second kappa shape index (κ2) is 6.77. The van der Waals surface area contributed by atoms with Crippen LogP contribution in [0, 0.1) is 19.7 Å². The molecule has 122 valence electrons. The molecule has 4 nitrogen and oxygen atoms in total. The van der Waals surface area contributed by atoms with Gasteiger partial charge in [-0.15, -0.1) is 0 Å². The number of carbonyl (C=O) groups excluding carboxylic acids is 1. The summed E-state index contributed by atoms with van der Waals surface area (Å²) in [7, 11) is 0. The summed E-state index contributed by atoms with van der Waals surface area (Å²) >= 11 is 0. The van der Waals surface area contributed by atoms with Crippen LogP contribution in [0.15, 0.2) is 24.9 Å². The van der Waals surface area contributed by atoms with Crippen molar-refractivity contribution >= 4 is 12.2 Å². The molecule has 2 rings (SSSR count). The third-order valence-corrected chi connectivity index (χ3v) is 3.95. The van der Waals surface area contributed by atoms with Crippen LogP contribution < -0.4 is 4.90 Å². The molecule has 5 heteroatoms. The predicted molar refractivity (Wildman–Crippen MR) is 90.5 cm³/mol. The number of hydrogen-bond donors (Lipinski definition) is 0. The number of nitrogens with zero attached hydrogens (tertiary/aromatic N) is 3. The van der Waals surface area contributed by atoms with E-state index in [9.17, 15) is 9.18 Å². The average molecular weight is 315 g/mol. The Kier molecular flexibility index (Phi) is 4.98. The van der Waals surface area contributed by atoms with E-state index in [4.69, 9.17) is 0 Å². The maximum Gasteiger partial charge on any atom is 0.219 e. The fraction of sp³-hybridized carbons (Fsp3) is 0.333. The van der Waals surface area contributed by atoms with Gasteiger partial charge in [-0.1, -0.05) is 20.4 Å². The Morgan fingerprint density at radius 3 is 2.30 bits per heavy atom. The minimum Gasteiger partial charge on any atom is -0.278 e. The van der Waals surface area contributed by atoms with Gasteiger partial charge in [-0.25, -0.2) is 9.07 Å². The summed E-state index contributed by atoms with van der Waals surface area (Å²) in [6.45, 7) is 11.2. The standard InChI is InChI=1S/C18H22FN3O/c1-6-15-16(7-2)20-22(18(15)21(8-3)11-23)14-9-12(4)17(19)13(5)10-14/h8-11H,3,6-7H2,1-2,4-5H3. The van der Waals surface area contributed by atoms with Crippen molar-refractivity contribution in [1.29, 1.82) is 0 Å². The van der Waals surface area contributed by atoms with E-state index in [0.29, 0.717) is 23.4 Å². The molecular formula is C18H22FN3O. The smallest absolute Gasteiger partial charge is 0.219 e. The number of hydrogen-bond acceptors (Lipinski definition) is 2. The van der Waals surface area contributed by atoms with Gasteiger partial charge >= 0.3 is 0 Å². The average Bonchev–Trinajstić information content (AvgIpc) is 2.92. The van der Waals surface area contributed by atoms with Crippen LogP contribution in [0.3, 0.4) is 0 Å². The molecule has 2 aromatic rings. The van der Waals surface area contributed by atoms with Crippen molar-refractivity contribution < 1.29 is 9.18 Å². The van der Waals surface area contributed by atoms with Gasteiger partial charge in [0.1, 0.15) is 11.6 Å². The maximum absolute atomic E-state index is 13.9. The van der Waals surface area contributed by atoms with Gasteiger partial charge in [-0.3, -0.25) is 9.69 Å². The summed E-state index contributed by atoms with van der Waals surface area (Å²) in [5.41, 5.74) is 3.76. The lowest BCUT2D eigenvalue weighted by atomic mass is 10.1. The molecule has 0 aliphatic rings. The van der Waals surface area contributed by atoms with E-state index in [2.05, 4.69) is 11.7 Å². The molecule has 1 aromatic heterocycles. The predicted octanol–water partition coefficient (Wildman–Crippen LogP) is 3.86. The number of rotatable bonds is 6. The summed E-state index contributed by atoms with van der Waals surface area (Å²) in [5, 5.41) is 4.64. The van der Waals surface area contributed by atoms with Gasteiger partial charge in [0.25, 0.3) is 0 Å². The second-order valence-electron chi connectivity index (χ2n) is 5.46. The highest BCUT2D eigenvalue weighted by Gasteiger charge is 2.21. The minimum atomic E-state index is -0.218. The third kappa shape index (κ3) is 2.91. The van der Waals surface area contributed by atoms with Crippen LogP contribution in [-0.4, -0.2) is 16.2 Å². The van der Waals surface area contributed by atoms with Crippen molar-refractivity contribution in [3.8, 4) is 5.69 Å². The van der Waals surface area contributed by atoms with Crippen molar-refractivity contribution in [2.75, 3.05) is 4.90 Å². The van der Waals surface area contributed by atoms with Gasteiger partial charge in [0, 0.05) is 11.8 Å². The molecule has 0 atom stereocenters. The molecule has 1 aromatic carbocycles. The molecule has 0 spiro atoms. The molecule has 0 saturated carbocycles. The Morgan fingerprint density at radius 1 is 1.26 bits per heavy atom. The molecule has 0 N–H and O–H groups in total. The van der Waals surface area contributed by atoms with E-state index in [1.54, 1.807) is 30.7 Å². The molecule has 23 heavy (non-hydrogen) atoms. The molecule has 0 aliphatic carbocycles. The lowest BCUT2D eigenvalue weighted by Crippen LogP contribution is -2.18. The van der Waals surface area contributed by atoms with E-state index in [-0.39, 0.29) is 5.82 Å². The molecule has 0 saturated heterocycles. The molecule has 0 bridgehead atoms. The van der Waals surface area contributed by atoms with Gasteiger partial charge in [0.2, 0.25) is 6.41 Å². The summed E-state index contributed by atoms with van der Waals surface area (Å²) in [4.78, 5) is 12.8. The van der Waals surface area contributed by atoms with Gasteiger partial charge in [-0.2, -0.15) is 5.10 Å². The van der Waals surface area contributed by atoms with Crippen LogP contribution in [-0.2, 0) is 17.6 Å². The highest BCUT2D eigenvalue weighted by atomic mass is 19.1. The molecule has 0 fully saturated rings. The first-order valence-corrected chi connectivity index (χ1v) is 7.72. The summed E-state index contributed by atoms with van der Waals surface area (Å²) < 4.78 is 15.6. The summed E-state index contributed by atoms with van der Waals surface area (Å²) in [6.07, 6.45) is 3.67. The Labute approximate surface area is 136 Å². The van der Waals surface area contributed by atoms with Crippen LogP contribution in [0.2, 0.25) is 0 Å². The molecule has 1 amide bonds. The number of benzene rings is 1. The van der Waals surface area contributed by atoms with Gasteiger partial charge in [0.05, 0.1) is 11.4 Å². The number of anilines is 1. The Morgan fingerprint density at radius 2 is 1.87 bits per heavy atom. The van der Waals surface area contributed by atoms with Crippen molar-refractivity contribution in [2.24, 2.45) is 0 Å². The maximum atomic E-state index is 13.9. The number of aryl methyl sites for hydroxylation is 3. The molecule has 1 heterocycles. The number of carbonyl (C=O) groups is 1. The highest BCUT2D eigenvalue weighted by molar-refractivity contribution is 5.79. The number of halogens is 1. The van der Waals surface area contributed by atoms with Crippen LogP contribution in [0.1, 0.15) is 36.2 Å². The Balaban J connectivity index is 2.78. The zero-order chi connectivity index (χ0) is 17.1. The topological polar surface area (TPSA) is 38.1 Å². The zero-order valence-corrected chi connectivity index (χ0v) is 14.1. The second-order valence-corrected chi connectivity index (χ2v) is 5.46. The lowest BCUT2D eigenvalue weighted by Gasteiger charge is -2.17. The van der Waals surface area contributed by atoms with Crippen LogP contribution in [0.4, 0.5) is 10.2 Å². The van der Waals surface area contributed by atoms with Crippen molar-refractivity contribution in [3.05, 3.63) is 53.1 Å².